The molecule has 0 amide bonds. The van der Waals surface area contributed by atoms with Crippen LogP contribution < -0.4 is 5.56 Å². The minimum atomic E-state index is -4.74. The van der Waals surface area contributed by atoms with Gasteiger partial charge in [0.15, 0.2) is 0 Å². The monoisotopic (exact) mass is 418 g/mol. The predicted molar refractivity (Wildman–Crippen MR) is 96.8 cm³/mol. The number of aryl methyl sites for hydroxylation is 1. The number of fused-ring (bicyclic) bond motifs is 1. The van der Waals surface area contributed by atoms with E-state index in [-0.39, 0.29) is 16.8 Å². The Labute approximate surface area is 166 Å². The molecule has 1 aromatic carbocycles. The number of benzene rings is 1. The molecule has 0 unspecified atom stereocenters. The van der Waals surface area contributed by atoms with Gasteiger partial charge in [-0.25, -0.2) is 4.79 Å². The maximum Gasteiger partial charge on any atom is 0.451 e. The zero-order valence-electron chi connectivity index (χ0n) is 15.6. The summed E-state index contributed by atoms with van der Waals surface area (Å²) < 4.78 is 45.4. The smallest absolute Gasteiger partial charge is 0.451 e. The lowest BCUT2D eigenvalue weighted by molar-refractivity contribution is -0.144. The van der Waals surface area contributed by atoms with Crippen LogP contribution >= 0.6 is 0 Å². The van der Waals surface area contributed by atoms with Crippen molar-refractivity contribution in [3.05, 3.63) is 64.0 Å². The number of hydrogen-bond donors (Lipinski definition) is 1. The van der Waals surface area contributed by atoms with Crippen LogP contribution in [-0.4, -0.2) is 42.6 Å². The molecule has 12 heteroatoms. The summed E-state index contributed by atoms with van der Waals surface area (Å²) in [6.45, 7) is 1.79. The molecule has 0 bridgehead atoms. The number of nitrogens with zero attached hydrogens (tertiary/aromatic N) is 5. The van der Waals surface area contributed by atoms with Crippen molar-refractivity contribution in [2.24, 2.45) is 0 Å². The summed E-state index contributed by atoms with van der Waals surface area (Å²) in [6, 6.07) is 6.98. The standard InChI is InChI=1S/C18H13F3N6O3/c1-9-5-3-4-6-12(9)27-14(28)10-7-26(8-11(13(10)25-27)15(29)30-2)17-22-16(23-24-17)18(19,20)21/h3-8H,1-2H3,(H,22,23,24). The van der Waals surface area contributed by atoms with E-state index in [1.807, 2.05) is 0 Å². The Kier molecular flexibility index (Phi) is 4.41. The number of ether oxygens (including phenoxy) is 1. The number of pyridine rings is 1. The van der Waals surface area contributed by atoms with Crippen molar-refractivity contribution in [1.29, 1.82) is 0 Å². The van der Waals surface area contributed by atoms with Crippen LogP contribution in [-0.2, 0) is 10.9 Å². The van der Waals surface area contributed by atoms with Gasteiger partial charge in [0.2, 0.25) is 5.82 Å². The SMILES string of the molecule is COC(=O)c1cn(-c2n[nH]c(C(F)(F)F)n2)cc2c(=O)n(-c3ccccc3C)nc1-2. The fourth-order valence-electron chi connectivity index (χ4n) is 2.94. The number of aromatic nitrogens is 6. The maximum absolute atomic E-state index is 13.0. The summed E-state index contributed by atoms with van der Waals surface area (Å²) in [5, 5.41) is 9.56. The Balaban J connectivity index is 1.97. The van der Waals surface area contributed by atoms with Crippen molar-refractivity contribution in [2.45, 2.75) is 13.1 Å². The second-order valence-corrected chi connectivity index (χ2v) is 6.32. The zero-order valence-corrected chi connectivity index (χ0v) is 15.6. The Bertz CT molecular complexity index is 1290. The molecule has 0 fully saturated rings. The molecule has 2 aliphatic rings. The summed E-state index contributed by atoms with van der Waals surface area (Å²) in [7, 11) is 1.14. The second-order valence-electron chi connectivity index (χ2n) is 6.32. The van der Waals surface area contributed by atoms with Gasteiger partial charge >= 0.3 is 12.1 Å². The first-order valence-corrected chi connectivity index (χ1v) is 8.50. The Hall–Kier alpha value is -3.96. The highest BCUT2D eigenvalue weighted by atomic mass is 19.4. The van der Waals surface area contributed by atoms with Gasteiger partial charge in [0.1, 0.15) is 11.3 Å². The van der Waals surface area contributed by atoms with Gasteiger partial charge in [-0.15, -0.1) is 5.10 Å². The Morgan fingerprint density at radius 1 is 1.20 bits per heavy atom. The molecule has 0 radical (unpaired) electrons. The molecule has 0 saturated carbocycles. The first kappa shape index (κ1) is 19.4. The summed E-state index contributed by atoms with van der Waals surface area (Å²) >= 11 is 0. The summed E-state index contributed by atoms with van der Waals surface area (Å²) in [4.78, 5) is 28.7. The third kappa shape index (κ3) is 3.11. The van der Waals surface area contributed by atoms with Crippen LogP contribution in [0.1, 0.15) is 21.7 Å². The number of H-pyrrole nitrogens is 1. The molecule has 0 aliphatic carbocycles. The molecule has 0 atom stereocenters. The predicted octanol–water partition coefficient (Wildman–Crippen LogP) is 2.36. The van der Waals surface area contributed by atoms with Crippen molar-refractivity contribution < 1.29 is 22.7 Å². The second kappa shape index (κ2) is 6.83. The number of methoxy groups -OCH3 is 1. The van der Waals surface area contributed by atoms with E-state index in [9.17, 15) is 22.8 Å². The van der Waals surface area contributed by atoms with Crippen molar-refractivity contribution in [1.82, 2.24) is 29.5 Å². The van der Waals surface area contributed by atoms with E-state index in [4.69, 9.17) is 4.74 Å². The minimum Gasteiger partial charge on any atom is -0.465 e. The van der Waals surface area contributed by atoms with E-state index in [1.54, 1.807) is 36.3 Å². The summed E-state index contributed by atoms with van der Waals surface area (Å²) in [6.07, 6.45) is -2.36. The van der Waals surface area contributed by atoms with Crippen LogP contribution in [0.15, 0.2) is 41.5 Å². The molecule has 1 aromatic heterocycles. The number of carbonyl (C=O) groups is 1. The molecule has 2 aliphatic heterocycles. The molecule has 4 rings (SSSR count). The summed E-state index contributed by atoms with van der Waals surface area (Å²) in [5.41, 5.74) is 0.595. The van der Waals surface area contributed by atoms with Gasteiger partial charge in [-0.1, -0.05) is 18.2 Å². The minimum absolute atomic E-state index is 0.0143. The zero-order chi connectivity index (χ0) is 21.6. The molecule has 154 valence electrons. The van der Waals surface area contributed by atoms with E-state index in [0.717, 1.165) is 28.1 Å². The molecule has 3 heterocycles. The molecule has 9 nitrogen and oxygen atoms in total. The van der Waals surface area contributed by atoms with Gasteiger partial charge in [0.25, 0.3) is 11.5 Å². The van der Waals surface area contributed by atoms with Crippen molar-refractivity contribution in [3.8, 4) is 22.9 Å². The highest BCUT2D eigenvalue weighted by Gasteiger charge is 2.35. The highest BCUT2D eigenvalue weighted by Crippen LogP contribution is 2.28. The number of alkyl halides is 3. The van der Waals surface area contributed by atoms with Crippen molar-refractivity contribution in [2.75, 3.05) is 7.11 Å². The number of para-hydroxylation sites is 1. The number of nitrogens with one attached hydrogen (secondary N) is 1. The Morgan fingerprint density at radius 2 is 1.93 bits per heavy atom. The van der Waals surface area contributed by atoms with E-state index >= 15 is 0 Å². The highest BCUT2D eigenvalue weighted by molar-refractivity contribution is 5.96. The number of aromatic amines is 1. The number of hydrogen-bond acceptors (Lipinski definition) is 6. The average molecular weight is 418 g/mol. The van der Waals surface area contributed by atoms with Crippen LogP contribution in [0.25, 0.3) is 22.9 Å². The van der Waals surface area contributed by atoms with Crippen LogP contribution in [0, 0.1) is 6.92 Å². The number of rotatable bonds is 3. The van der Waals surface area contributed by atoms with Crippen LogP contribution in [0.2, 0.25) is 0 Å². The first-order chi connectivity index (χ1) is 14.2. The molecule has 2 aromatic rings. The number of halogens is 3. The molecular formula is C18H13F3N6O3. The summed E-state index contributed by atoms with van der Waals surface area (Å²) in [5.74, 6) is -2.55. The Morgan fingerprint density at radius 3 is 2.57 bits per heavy atom. The lowest BCUT2D eigenvalue weighted by atomic mass is 10.1. The molecule has 1 N–H and O–H groups in total. The van der Waals surface area contributed by atoms with Crippen molar-refractivity contribution in [3.63, 3.8) is 0 Å². The molecule has 0 spiro atoms. The normalized spacial score (nSPS) is 11.8. The van der Waals surface area contributed by atoms with Crippen LogP contribution in [0.5, 0.6) is 0 Å². The molecular weight excluding hydrogens is 405 g/mol. The van der Waals surface area contributed by atoms with E-state index < -0.39 is 29.5 Å². The third-order valence-electron chi connectivity index (χ3n) is 4.39. The van der Waals surface area contributed by atoms with Gasteiger partial charge in [0, 0.05) is 12.4 Å². The quantitative estimate of drug-likeness (QED) is 0.512. The van der Waals surface area contributed by atoms with Gasteiger partial charge in [-0.2, -0.15) is 27.9 Å². The lowest BCUT2D eigenvalue weighted by Gasteiger charge is -2.08. The van der Waals surface area contributed by atoms with Gasteiger partial charge in [0.05, 0.1) is 18.4 Å². The van der Waals surface area contributed by atoms with Crippen molar-refractivity contribution >= 4 is 5.97 Å². The van der Waals surface area contributed by atoms with Crippen LogP contribution in [0.4, 0.5) is 13.2 Å². The van der Waals surface area contributed by atoms with Crippen LogP contribution in [0.3, 0.4) is 0 Å². The molecule has 0 saturated heterocycles. The third-order valence-corrected chi connectivity index (χ3v) is 4.39. The maximum atomic E-state index is 13.0. The van der Waals surface area contributed by atoms with Gasteiger partial charge in [-0.05, 0) is 18.6 Å². The largest absolute Gasteiger partial charge is 0.465 e. The topological polar surface area (TPSA) is 108 Å². The van der Waals surface area contributed by atoms with E-state index in [1.165, 1.54) is 6.20 Å². The lowest BCUT2D eigenvalue weighted by Crippen LogP contribution is -2.16. The number of carbonyl (C=O) groups excluding carboxylic acids is 1. The number of esters is 1. The van der Waals surface area contributed by atoms with E-state index in [2.05, 4.69) is 15.2 Å². The first-order valence-electron chi connectivity index (χ1n) is 8.50. The molecule has 30 heavy (non-hydrogen) atoms. The van der Waals surface area contributed by atoms with Gasteiger partial charge < -0.3 is 4.74 Å². The average Bonchev–Trinajstić information content (AvgIpc) is 3.33. The van der Waals surface area contributed by atoms with Gasteiger partial charge in [-0.3, -0.25) is 14.5 Å². The van der Waals surface area contributed by atoms with E-state index in [0.29, 0.717) is 5.69 Å². The fourth-order valence-corrected chi connectivity index (χ4v) is 2.94. The fraction of sp³-hybridized carbons (Fsp3) is 0.167.